The molecule has 0 radical (unpaired) electrons. The number of hydrogen-bond acceptors (Lipinski definition) is 3. The van der Waals surface area contributed by atoms with E-state index in [1.165, 1.54) is 12.8 Å². The standard InChI is InChI=1S/C31H27N3O2/c35-31(36)23-17-20-29-28(21-23)32-30(34(29)26-13-7-8-14-26)22-15-18-27(19-16-22)33(24-9-3-1-4-10-24)25-11-5-2-6-12-25/h1-6,9-12,15-21,26H,7-8,13-14H2,(H,35,36). The van der Waals surface area contributed by atoms with E-state index in [1.54, 1.807) is 12.1 Å². The molecule has 1 aliphatic rings. The highest BCUT2D eigenvalue weighted by molar-refractivity contribution is 5.93. The van der Waals surface area contributed by atoms with Gasteiger partial charge in [0.2, 0.25) is 0 Å². The lowest BCUT2D eigenvalue weighted by atomic mass is 10.1. The predicted octanol–water partition coefficient (Wildman–Crippen LogP) is 7.99. The highest BCUT2D eigenvalue weighted by Gasteiger charge is 2.24. The molecule has 0 aliphatic heterocycles. The van der Waals surface area contributed by atoms with Gasteiger partial charge in [-0.1, -0.05) is 49.2 Å². The van der Waals surface area contributed by atoms with Crippen molar-refractivity contribution in [2.45, 2.75) is 31.7 Å². The van der Waals surface area contributed by atoms with Gasteiger partial charge >= 0.3 is 5.97 Å². The number of rotatable bonds is 6. The van der Waals surface area contributed by atoms with Crippen LogP contribution in [0.2, 0.25) is 0 Å². The Kier molecular flexibility index (Phi) is 5.74. The highest BCUT2D eigenvalue weighted by atomic mass is 16.4. The maximum atomic E-state index is 11.6. The number of nitrogens with zero attached hydrogens (tertiary/aromatic N) is 3. The number of carboxylic acids is 1. The Morgan fingerprint density at radius 2 is 1.36 bits per heavy atom. The van der Waals surface area contributed by atoms with E-state index in [0.29, 0.717) is 6.04 Å². The Bertz CT molecular complexity index is 1460. The molecule has 36 heavy (non-hydrogen) atoms. The lowest BCUT2D eigenvalue weighted by Gasteiger charge is -2.25. The van der Waals surface area contributed by atoms with Crippen molar-refractivity contribution in [2.75, 3.05) is 4.90 Å². The fraction of sp³-hybridized carbons (Fsp3) is 0.161. The smallest absolute Gasteiger partial charge is 0.335 e. The van der Waals surface area contributed by atoms with Crippen LogP contribution in [0.25, 0.3) is 22.4 Å². The Morgan fingerprint density at radius 1 is 0.778 bits per heavy atom. The number of aromatic nitrogens is 2. The number of hydrogen-bond donors (Lipinski definition) is 1. The third-order valence-corrected chi connectivity index (χ3v) is 7.04. The highest BCUT2D eigenvalue weighted by Crippen LogP contribution is 2.39. The van der Waals surface area contributed by atoms with E-state index in [0.717, 1.165) is 52.3 Å². The van der Waals surface area contributed by atoms with Gasteiger partial charge in [0, 0.05) is 28.7 Å². The zero-order valence-electron chi connectivity index (χ0n) is 19.9. The molecule has 1 aliphatic carbocycles. The maximum Gasteiger partial charge on any atom is 0.335 e. The van der Waals surface area contributed by atoms with E-state index in [2.05, 4.69) is 82.3 Å². The van der Waals surface area contributed by atoms with E-state index in [4.69, 9.17) is 4.98 Å². The van der Waals surface area contributed by atoms with Crippen molar-refractivity contribution in [3.05, 3.63) is 109 Å². The summed E-state index contributed by atoms with van der Waals surface area (Å²) in [4.78, 5) is 18.7. The first-order valence-corrected chi connectivity index (χ1v) is 12.4. The van der Waals surface area contributed by atoms with Crippen molar-refractivity contribution in [2.24, 2.45) is 0 Å². The van der Waals surface area contributed by atoms with E-state index < -0.39 is 5.97 Å². The number of anilines is 3. The number of carboxylic acid groups (broad SMARTS) is 1. The molecule has 0 bridgehead atoms. The molecule has 5 heteroatoms. The topological polar surface area (TPSA) is 58.4 Å². The van der Waals surface area contributed by atoms with Crippen molar-refractivity contribution in [3.8, 4) is 11.4 Å². The number of benzene rings is 4. The van der Waals surface area contributed by atoms with Gasteiger partial charge in [0.1, 0.15) is 5.82 Å². The average molecular weight is 474 g/mol. The molecule has 1 fully saturated rings. The summed E-state index contributed by atoms with van der Waals surface area (Å²) >= 11 is 0. The van der Waals surface area contributed by atoms with Crippen LogP contribution < -0.4 is 4.90 Å². The van der Waals surface area contributed by atoms with E-state index in [1.807, 2.05) is 18.2 Å². The molecule has 178 valence electrons. The lowest BCUT2D eigenvalue weighted by molar-refractivity contribution is 0.0697. The molecule has 0 saturated heterocycles. The maximum absolute atomic E-state index is 11.6. The molecule has 5 nitrogen and oxygen atoms in total. The van der Waals surface area contributed by atoms with E-state index in [-0.39, 0.29) is 5.56 Å². The molecular weight excluding hydrogens is 446 g/mol. The first-order valence-electron chi connectivity index (χ1n) is 12.4. The summed E-state index contributed by atoms with van der Waals surface area (Å²) in [6.45, 7) is 0. The summed E-state index contributed by atoms with van der Waals surface area (Å²) in [7, 11) is 0. The summed E-state index contributed by atoms with van der Waals surface area (Å²) in [5, 5.41) is 9.48. The molecular formula is C31H27N3O2. The molecule has 0 atom stereocenters. The Labute approximate surface area is 210 Å². The first-order chi connectivity index (χ1) is 17.7. The van der Waals surface area contributed by atoms with Gasteiger partial charge in [-0.25, -0.2) is 9.78 Å². The minimum absolute atomic E-state index is 0.266. The van der Waals surface area contributed by atoms with Gasteiger partial charge < -0.3 is 14.6 Å². The summed E-state index contributed by atoms with van der Waals surface area (Å²) in [6, 6.07) is 34.9. The minimum atomic E-state index is -0.930. The van der Waals surface area contributed by atoms with Crippen LogP contribution >= 0.6 is 0 Å². The summed E-state index contributed by atoms with van der Waals surface area (Å²) in [5.74, 6) is -0.0305. The summed E-state index contributed by atoms with van der Waals surface area (Å²) in [6.07, 6.45) is 4.65. The van der Waals surface area contributed by atoms with Gasteiger partial charge in [0.15, 0.2) is 0 Å². The molecule has 1 aromatic heterocycles. The predicted molar refractivity (Wildman–Crippen MR) is 144 cm³/mol. The number of fused-ring (bicyclic) bond motifs is 1. The van der Waals surface area contributed by atoms with Crippen molar-refractivity contribution in [1.82, 2.24) is 9.55 Å². The van der Waals surface area contributed by atoms with Crippen LogP contribution in [-0.4, -0.2) is 20.6 Å². The molecule has 0 unspecified atom stereocenters. The number of carbonyl (C=O) groups is 1. The van der Waals surface area contributed by atoms with Crippen LogP contribution in [0.4, 0.5) is 17.1 Å². The third-order valence-electron chi connectivity index (χ3n) is 7.04. The molecule has 6 rings (SSSR count). The minimum Gasteiger partial charge on any atom is -0.478 e. The van der Waals surface area contributed by atoms with Crippen LogP contribution in [0, 0.1) is 0 Å². The van der Waals surface area contributed by atoms with Gasteiger partial charge in [-0.2, -0.15) is 0 Å². The second kappa shape index (κ2) is 9.34. The quantitative estimate of drug-likeness (QED) is 0.271. The van der Waals surface area contributed by atoms with E-state index >= 15 is 0 Å². The number of aromatic carboxylic acids is 1. The molecule has 4 aromatic carbocycles. The van der Waals surface area contributed by atoms with Gasteiger partial charge in [-0.05, 0) is 79.6 Å². The molecule has 0 spiro atoms. The monoisotopic (exact) mass is 473 g/mol. The van der Waals surface area contributed by atoms with Crippen molar-refractivity contribution >= 4 is 34.1 Å². The Balaban J connectivity index is 1.45. The molecule has 5 aromatic rings. The van der Waals surface area contributed by atoms with Crippen LogP contribution in [-0.2, 0) is 0 Å². The first kappa shape index (κ1) is 22.1. The fourth-order valence-corrected chi connectivity index (χ4v) is 5.33. The van der Waals surface area contributed by atoms with Gasteiger partial charge in [0.25, 0.3) is 0 Å². The van der Waals surface area contributed by atoms with Crippen LogP contribution in [0.1, 0.15) is 42.1 Å². The normalized spacial score (nSPS) is 13.8. The van der Waals surface area contributed by atoms with Crippen molar-refractivity contribution < 1.29 is 9.90 Å². The van der Waals surface area contributed by atoms with Gasteiger partial charge in [0.05, 0.1) is 16.6 Å². The van der Waals surface area contributed by atoms with E-state index in [9.17, 15) is 9.90 Å². The molecule has 1 heterocycles. The van der Waals surface area contributed by atoms with Gasteiger partial charge in [-0.15, -0.1) is 0 Å². The Hall–Kier alpha value is -4.38. The zero-order chi connectivity index (χ0) is 24.5. The SMILES string of the molecule is O=C(O)c1ccc2c(c1)nc(-c1ccc(N(c3ccccc3)c3ccccc3)cc1)n2C1CCCC1. The summed E-state index contributed by atoms with van der Waals surface area (Å²) in [5.41, 5.74) is 6.28. The second-order valence-electron chi connectivity index (χ2n) is 9.31. The van der Waals surface area contributed by atoms with Crippen molar-refractivity contribution in [3.63, 3.8) is 0 Å². The number of imidazole rings is 1. The van der Waals surface area contributed by atoms with Gasteiger partial charge in [-0.3, -0.25) is 0 Å². The largest absolute Gasteiger partial charge is 0.478 e. The fourth-order valence-electron chi connectivity index (χ4n) is 5.33. The average Bonchev–Trinajstić information content (AvgIpc) is 3.58. The lowest BCUT2D eigenvalue weighted by Crippen LogP contribution is -2.10. The van der Waals surface area contributed by atoms with Crippen LogP contribution in [0.3, 0.4) is 0 Å². The van der Waals surface area contributed by atoms with Crippen molar-refractivity contribution in [1.29, 1.82) is 0 Å². The Morgan fingerprint density at radius 3 is 1.94 bits per heavy atom. The van der Waals surface area contributed by atoms with Crippen LogP contribution in [0.5, 0.6) is 0 Å². The van der Waals surface area contributed by atoms with Crippen LogP contribution in [0.15, 0.2) is 103 Å². The number of para-hydroxylation sites is 2. The molecule has 0 amide bonds. The molecule has 1 saturated carbocycles. The zero-order valence-corrected chi connectivity index (χ0v) is 19.9. The second-order valence-corrected chi connectivity index (χ2v) is 9.31. The third kappa shape index (κ3) is 4.03. The summed E-state index contributed by atoms with van der Waals surface area (Å²) < 4.78 is 2.33. The molecule has 1 N–H and O–H groups in total.